The molecule has 0 amide bonds. The van der Waals surface area contributed by atoms with Gasteiger partial charge in [0.25, 0.3) is 0 Å². The van der Waals surface area contributed by atoms with E-state index < -0.39 is 0 Å². The fraction of sp³-hybridized carbons (Fsp3) is 0.714. The number of hydrogen-bond acceptors (Lipinski definition) is 5. The predicted molar refractivity (Wildman–Crippen MR) is 77.3 cm³/mol. The molecule has 1 aliphatic carbocycles. The summed E-state index contributed by atoms with van der Waals surface area (Å²) in [6, 6.07) is 2.66. The van der Waals surface area contributed by atoms with Crippen molar-refractivity contribution in [3.8, 4) is 0 Å². The first-order valence-corrected chi connectivity index (χ1v) is 7.35. The van der Waals surface area contributed by atoms with Crippen molar-refractivity contribution in [3.05, 3.63) is 11.8 Å². The van der Waals surface area contributed by atoms with Gasteiger partial charge in [-0.3, -0.25) is 0 Å². The van der Waals surface area contributed by atoms with E-state index in [2.05, 4.69) is 33.2 Å². The Kier molecular flexibility index (Phi) is 3.55. The maximum Gasteiger partial charge on any atom is 0.222 e. The lowest BCUT2D eigenvalue weighted by molar-refractivity contribution is 0.482. The maximum atomic E-state index is 5.90. The van der Waals surface area contributed by atoms with Crippen molar-refractivity contribution in [2.45, 2.75) is 44.6 Å². The van der Waals surface area contributed by atoms with Crippen LogP contribution in [0.4, 0.5) is 11.8 Å². The Morgan fingerprint density at radius 2 is 2.11 bits per heavy atom. The molecule has 1 saturated carbocycles. The molecule has 0 bridgehead atoms. The lowest BCUT2D eigenvalue weighted by atomic mass is 10.0. The molecule has 0 aromatic carbocycles. The SMILES string of the molecule is C[C@H]1CN(c2cc(C3CCCC3)nc(N)n2)CCN1. The number of hydrogen-bond donors (Lipinski definition) is 2. The smallest absolute Gasteiger partial charge is 0.222 e. The number of nitrogens with one attached hydrogen (secondary N) is 1. The van der Waals surface area contributed by atoms with Gasteiger partial charge in [0.05, 0.1) is 5.69 Å². The lowest BCUT2D eigenvalue weighted by Gasteiger charge is -2.33. The van der Waals surface area contributed by atoms with Gasteiger partial charge in [0.1, 0.15) is 5.82 Å². The van der Waals surface area contributed by atoms with E-state index in [-0.39, 0.29) is 0 Å². The number of rotatable bonds is 2. The lowest BCUT2D eigenvalue weighted by Crippen LogP contribution is -2.49. The summed E-state index contributed by atoms with van der Waals surface area (Å²) in [6.45, 7) is 5.18. The minimum atomic E-state index is 0.422. The Labute approximate surface area is 114 Å². The first-order chi connectivity index (χ1) is 9.22. The Morgan fingerprint density at radius 1 is 1.32 bits per heavy atom. The molecular weight excluding hydrogens is 238 g/mol. The molecule has 2 aliphatic rings. The molecule has 3 rings (SSSR count). The molecule has 5 nitrogen and oxygen atoms in total. The van der Waals surface area contributed by atoms with E-state index in [1.807, 2.05) is 0 Å². The minimum Gasteiger partial charge on any atom is -0.368 e. The van der Waals surface area contributed by atoms with Crippen LogP contribution < -0.4 is 16.0 Å². The molecular formula is C14H23N5. The minimum absolute atomic E-state index is 0.422. The molecule has 1 aliphatic heterocycles. The molecule has 1 saturated heterocycles. The zero-order valence-electron chi connectivity index (χ0n) is 11.6. The van der Waals surface area contributed by atoms with Crippen molar-refractivity contribution in [3.63, 3.8) is 0 Å². The molecule has 0 unspecified atom stereocenters. The van der Waals surface area contributed by atoms with E-state index in [0.29, 0.717) is 17.9 Å². The molecule has 1 atom stereocenters. The standard InChI is InChI=1S/C14H23N5/c1-10-9-19(7-6-16-10)13-8-12(17-14(15)18-13)11-4-2-3-5-11/h8,10-11,16H,2-7,9H2,1H3,(H2,15,17,18)/t10-/m0/s1. The summed E-state index contributed by atoms with van der Waals surface area (Å²) in [4.78, 5) is 11.2. The second-order valence-corrected chi connectivity index (χ2v) is 5.79. The highest BCUT2D eigenvalue weighted by atomic mass is 15.3. The van der Waals surface area contributed by atoms with Crippen LogP contribution in [-0.2, 0) is 0 Å². The van der Waals surface area contributed by atoms with E-state index in [1.54, 1.807) is 0 Å². The van der Waals surface area contributed by atoms with Crippen molar-refractivity contribution < 1.29 is 0 Å². The van der Waals surface area contributed by atoms with E-state index in [4.69, 9.17) is 5.73 Å². The van der Waals surface area contributed by atoms with Gasteiger partial charge in [0.2, 0.25) is 5.95 Å². The predicted octanol–water partition coefficient (Wildman–Crippen LogP) is 1.51. The molecule has 19 heavy (non-hydrogen) atoms. The highest BCUT2D eigenvalue weighted by Crippen LogP contribution is 2.34. The van der Waals surface area contributed by atoms with Crippen molar-refractivity contribution >= 4 is 11.8 Å². The Bertz CT molecular complexity index is 441. The van der Waals surface area contributed by atoms with Crippen molar-refractivity contribution in [1.29, 1.82) is 0 Å². The topological polar surface area (TPSA) is 67.1 Å². The zero-order chi connectivity index (χ0) is 13.2. The molecule has 0 spiro atoms. The Hall–Kier alpha value is -1.36. The van der Waals surface area contributed by atoms with Crippen LogP contribution in [0, 0.1) is 0 Å². The molecule has 1 aromatic rings. The molecule has 1 aromatic heterocycles. The highest BCUT2D eigenvalue weighted by molar-refractivity contribution is 5.45. The van der Waals surface area contributed by atoms with E-state index in [9.17, 15) is 0 Å². The molecule has 2 heterocycles. The van der Waals surface area contributed by atoms with Crippen LogP contribution in [0.15, 0.2) is 6.07 Å². The van der Waals surface area contributed by atoms with Crippen LogP contribution in [0.3, 0.4) is 0 Å². The largest absolute Gasteiger partial charge is 0.368 e. The fourth-order valence-corrected chi connectivity index (χ4v) is 3.20. The van der Waals surface area contributed by atoms with Gasteiger partial charge in [0.15, 0.2) is 0 Å². The van der Waals surface area contributed by atoms with Crippen molar-refractivity contribution in [2.24, 2.45) is 0 Å². The summed E-state index contributed by atoms with van der Waals surface area (Å²) < 4.78 is 0. The van der Waals surface area contributed by atoms with Gasteiger partial charge in [-0.25, -0.2) is 4.98 Å². The summed E-state index contributed by atoms with van der Waals surface area (Å²) in [6.07, 6.45) is 5.12. The number of nitrogen functional groups attached to an aromatic ring is 1. The number of piperazine rings is 1. The first kappa shape index (κ1) is 12.7. The Balaban J connectivity index is 1.84. The van der Waals surface area contributed by atoms with Gasteiger partial charge in [-0.15, -0.1) is 0 Å². The zero-order valence-corrected chi connectivity index (χ0v) is 11.6. The van der Waals surface area contributed by atoms with E-state index in [0.717, 1.165) is 31.1 Å². The second-order valence-electron chi connectivity index (χ2n) is 5.79. The van der Waals surface area contributed by atoms with Gasteiger partial charge in [-0.2, -0.15) is 4.98 Å². The summed E-state index contributed by atoms with van der Waals surface area (Å²) in [5.41, 5.74) is 7.05. The van der Waals surface area contributed by atoms with E-state index >= 15 is 0 Å². The highest BCUT2D eigenvalue weighted by Gasteiger charge is 2.22. The van der Waals surface area contributed by atoms with Gasteiger partial charge in [-0.1, -0.05) is 12.8 Å². The molecule has 2 fully saturated rings. The normalized spacial score (nSPS) is 24.9. The summed E-state index contributed by atoms with van der Waals surface area (Å²) in [5, 5.41) is 3.45. The number of nitrogens with zero attached hydrogens (tertiary/aromatic N) is 3. The third-order valence-electron chi connectivity index (χ3n) is 4.22. The van der Waals surface area contributed by atoms with Crippen molar-refractivity contribution in [1.82, 2.24) is 15.3 Å². The molecule has 104 valence electrons. The Morgan fingerprint density at radius 3 is 2.84 bits per heavy atom. The molecule has 0 radical (unpaired) electrons. The van der Waals surface area contributed by atoms with Crippen molar-refractivity contribution in [2.75, 3.05) is 30.3 Å². The summed E-state index contributed by atoms with van der Waals surface area (Å²) >= 11 is 0. The molecule has 3 N–H and O–H groups in total. The van der Waals surface area contributed by atoms with Gasteiger partial charge in [0, 0.05) is 37.7 Å². The van der Waals surface area contributed by atoms with Crippen LogP contribution in [0.5, 0.6) is 0 Å². The fourth-order valence-electron chi connectivity index (χ4n) is 3.20. The van der Waals surface area contributed by atoms with Gasteiger partial charge >= 0.3 is 0 Å². The maximum absolute atomic E-state index is 5.90. The van der Waals surface area contributed by atoms with Crippen LogP contribution in [0.2, 0.25) is 0 Å². The van der Waals surface area contributed by atoms with Crippen LogP contribution >= 0.6 is 0 Å². The number of anilines is 2. The third-order valence-corrected chi connectivity index (χ3v) is 4.22. The van der Waals surface area contributed by atoms with Crippen LogP contribution in [0.25, 0.3) is 0 Å². The third kappa shape index (κ3) is 2.81. The van der Waals surface area contributed by atoms with Gasteiger partial charge < -0.3 is 16.0 Å². The second kappa shape index (κ2) is 5.33. The average molecular weight is 261 g/mol. The van der Waals surface area contributed by atoms with Gasteiger partial charge in [-0.05, 0) is 19.8 Å². The molecule has 5 heteroatoms. The number of nitrogens with two attached hydrogens (primary N) is 1. The quantitative estimate of drug-likeness (QED) is 0.845. The average Bonchev–Trinajstić information content (AvgIpc) is 2.92. The monoisotopic (exact) mass is 261 g/mol. The first-order valence-electron chi connectivity index (χ1n) is 7.35. The number of aromatic nitrogens is 2. The summed E-state index contributed by atoms with van der Waals surface area (Å²) in [7, 11) is 0. The van der Waals surface area contributed by atoms with Crippen LogP contribution in [0.1, 0.15) is 44.2 Å². The van der Waals surface area contributed by atoms with Crippen LogP contribution in [-0.4, -0.2) is 35.6 Å². The summed E-state index contributed by atoms with van der Waals surface area (Å²) in [5.74, 6) is 2.01. The van der Waals surface area contributed by atoms with E-state index in [1.165, 1.54) is 25.7 Å².